The highest BCUT2D eigenvalue weighted by Crippen LogP contribution is 2.48. The molecule has 0 aliphatic carbocycles. The summed E-state index contributed by atoms with van der Waals surface area (Å²) in [6.07, 6.45) is -8.62. The molecule has 2 aromatic rings. The Morgan fingerprint density at radius 3 is 2.59 bits per heavy atom. The normalized spacial score (nSPS) is 24.3. The van der Waals surface area contributed by atoms with Gasteiger partial charge >= 0.3 is 12.4 Å². The summed E-state index contributed by atoms with van der Waals surface area (Å²) in [4.78, 5) is 17.3. The molecule has 1 saturated heterocycles. The molecule has 2 aromatic heterocycles. The van der Waals surface area contributed by atoms with Gasteiger partial charge in [0.1, 0.15) is 11.6 Å². The highest BCUT2D eigenvalue weighted by Gasteiger charge is 2.60. The van der Waals surface area contributed by atoms with Crippen LogP contribution in [0.15, 0.2) is 18.3 Å². The first kappa shape index (κ1) is 22.4. The summed E-state index contributed by atoms with van der Waals surface area (Å²) in [5, 5.41) is 18.9. The van der Waals surface area contributed by atoms with Crippen LogP contribution in [0.1, 0.15) is 36.1 Å². The van der Waals surface area contributed by atoms with E-state index < -0.39 is 41.4 Å². The lowest BCUT2D eigenvalue weighted by Gasteiger charge is -2.36. The molecule has 13 heteroatoms. The molecule has 0 aromatic carbocycles. The molecule has 3 N–H and O–H groups in total. The lowest BCUT2D eigenvalue weighted by Crippen LogP contribution is -2.48. The van der Waals surface area contributed by atoms with Gasteiger partial charge in [-0.1, -0.05) is 0 Å². The Kier molecular flexibility index (Phi) is 5.34. The average molecular weight is 463 g/mol. The number of alkyl halides is 6. The van der Waals surface area contributed by atoms with E-state index in [1.807, 2.05) is 0 Å². The van der Waals surface area contributed by atoms with E-state index in [-0.39, 0.29) is 23.9 Å². The Balaban J connectivity index is 1.54. The van der Waals surface area contributed by atoms with E-state index in [2.05, 4.69) is 20.5 Å². The van der Waals surface area contributed by atoms with Crippen LogP contribution >= 0.6 is 0 Å². The maximum atomic E-state index is 13.6. The minimum Gasteiger partial charge on any atom is -0.376 e. The summed E-state index contributed by atoms with van der Waals surface area (Å²) in [5.74, 6) is -1.11. The summed E-state index contributed by atoms with van der Waals surface area (Å²) in [7, 11) is 0. The van der Waals surface area contributed by atoms with Gasteiger partial charge in [-0.25, -0.2) is 4.98 Å². The van der Waals surface area contributed by atoms with E-state index in [1.54, 1.807) is 4.90 Å². The Morgan fingerprint density at radius 1 is 1.22 bits per heavy atom. The van der Waals surface area contributed by atoms with E-state index in [0.717, 1.165) is 12.3 Å². The Morgan fingerprint density at radius 2 is 1.97 bits per heavy atom. The minimum absolute atomic E-state index is 0.00736. The van der Waals surface area contributed by atoms with Crippen molar-refractivity contribution in [3.05, 3.63) is 35.2 Å². The van der Waals surface area contributed by atoms with Crippen molar-refractivity contribution in [1.29, 1.82) is 0 Å². The van der Waals surface area contributed by atoms with Gasteiger partial charge in [-0.15, -0.1) is 0 Å². The molecule has 0 radical (unpaired) electrons. The van der Waals surface area contributed by atoms with Gasteiger partial charge in [0.2, 0.25) is 5.91 Å². The second-order valence-corrected chi connectivity index (χ2v) is 8.06. The number of aromatic amines is 1. The zero-order chi connectivity index (χ0) is 23.3. The standard InChI is InChI=1S/C19H19F6N5O2/c20-18(21,22)11-3-4-13(26-8-11)30-5-1-2-10(9-30)6-12-15-16(29-28-12)27-14(31)7-17(15,32)19(23,24)25/h3-4,8,10,32H,1-2,5-7,9H2,(H2,27,28,29,31)/t10-,17?/m0/s1. The zero-order valence-corrected chi connectivity index (χ0v) is 16.5. The van der Waals surface area contributed by atoms with Gasteiger partial charge in [0.25, 0.3) is 0 Å². The molecule has 1 fully saturated rings. The van der Waals surface area contributed by atoms with Crippen LogP contribution in [-0.2, 0) is 23.0 Å². The van der Waals surface area contributed by atoms with E-state index in [9.17, 15) is 36.2 Å². The fourth-order valence-corrected chi connectivity index (χ4v) is 4.26. The molecular weight excluding hydrogens is 444 g/mol. The maximum Gasteiger partial charge on any atom is 0.422 e. The first-order valence-electron chi connectivity index (χ1n) is 9.83. The highest BCUT2D eigenvalue weighted by atomic mass is 19.4. The van der Waals surface area contributed by atoms with Crippen molar-refractivity contribution in [2.75, 3.05) is 23.3 Å². The number of piperidine rings is 1. The number of fused-ring (bicyclic) bond motifs is 1. The Hall–Kier alpha value is -2.83. The molecule has 4 heterocycles. The predicted molar refractivity (Wildman–Crippen MR) is 99.7 cm³/mol. The third-order valence-electron chi connectivity index (χ3n) is 5.80. The van der Waals surface area contributed by atoms with Crippen molar-refractivity contribution < 1.29 is 36.2 Å². The van der Waals surface area contributed by atoms with Crippen molar-refractivity contribution in [2.24, 2.45) is 5.92 Å². The largest absolute Gasteiger partial charge is 0.422 e. The van der Waals surface area contributed by atoms with Gasteiger partial charge in [0.15, 0.2) is 5.60 Å². The predicted octanol–water partition coefficient (Wildman–Crippen LogP) is 3.37. The first-order valence-corrected chi connectivity index (χ1v) is 9.83. The zero-order valence-electron chi connectivity index (χ0n) is 16.5. The summed E-state index contributed by atoms with van der Waals surface area (Å²) >= 11 is 0. The van der Waals surface area contributed by atoms with Crippen LogP contribution in [0, 0.1) is 5.92 Å². The number of pyridine rings is 1. The third kappa shape index (κ3) is 4.00. The number of halogens is 6. The van der Waals surface area contributed by atoms with Crippen molar-refractivity contribution in [1.82, 2.24) is 15.2 Å². The molecule has 7 nitrogen and oxygen atoms in total. The molecule has 32 heavy (non-hydrogen) atoms. The van der Waals surface area contributed by atoms with Crippen molar-refractivity contribution in [3.63, 3.8) is 0 Å². The number of amides is 1. The van der Waals surface area contributed by atoms with Gasteiger partial charge in [0, 0.05) is 19.3 Å². The number of H-pyrrole nitrogens is 1. The quantitative estimate of drug-likeness (QED) is 0.607. The number of aliphatic hydroxyl groups is 1. The van der Waals surface area contributed by atoms with Crippen LogP contribution in [0.25, 0.3) is 0 Å². The molecule has 2 aliphatic rings. The molecule has 2 atom stereocenters. The second kappa shape index (κ2) is 7.64. The van der Waals surface area contributed by atoms with Gasteiger partial charge in [-0.2, -0.15) is 31.4 Å². The van der Waals surface area contributed by atoms with Crippen LogP contribution in [0.4, 0.5) is 38.0 Å². The number of anilines is 2. The van der Waals surface area contributed by atoms with E-state index >= 15 is 0 Å². The fourth-order valence-electron chi connectivity index (χ4n) is 4.26. The third-order valence-corrected chi connectivity index (χ3v) is 5.80. The molecule has 0 spiro atoms. The smallest absolute Gasteiger partial charge is 0.376 e. The number of carbonyl (C=O) groups excluding carboxylic acids is 1. The summed E-state index contributed by atoms with van der Waals surface area (Å²) in [5.41, 5.74) is -4.72. The molecule has 0 bridgehead atoms. The van der Waals surface area contributed by atoms with E-state index in [0.29, 0.717) is 31.7 Å². The van der Waals surface area contributed by atoms with Crippen LogP contribution in [0.3, 0.4) is 0 Å². The van der Waals surface area contributed by atoms with Crippen molar-refractivity contribution in [3.8, 4) is 0 Å². The monoisotopic (exact) mass is 463 g/mol. The SMILES string of the molecule is O=C1CC(O)(C(F)(F)F)c2c(C[C@@H]3CCCN(c4ccc(C(F)(F)F)cn4)C3)n[nH]c2N1. The Bertz CT molecular complexity index is 1000. The lowest BCUT2D eigenvalue weighted by atomic mass is 9.83. The number of rotatable bonds is 3. The number of carbonyl (C=O) groups is 1. The van der Waals surface area contributed by atoms with E-state index in [4.69, 9.17) is 0 Å². The molecular formula is C19H19F6N5O2. The fraction of sp³-hybridized carbons (Fsp3) is 0.526. The van der Waals surface area contributed by atoms with Crippen molar-refractivity contribution >= 4 is 17.5 Å². The van der Waals surface area contributed by atoms with Gasteiger partial charge in [-0.05, 0) is 37.3 Å². The van der Waals surface area contributed by atoms with Crippen LogP contribution in [0.2, 0.25) is 0 Å². The molecule has 2 aliphatic heterocycles. The summed E-state index contributed by atoms with van der Waals surface area (Å²) in [6, 6.07) is 2.20. The Labute approximate surface area is 177 Å². The van der Waals surface area contributed by atoms with Gasteiger partial charge < -0.3 is 15.3 Å². The van der Waals surface area contributed by atoms with Crippen LogP contribution in [0.5, 0.6) is 0 Å². The maximum absolute atomic E-state index is 13.6. The average Bonchev–Trinajstić information content (AvgIpc) is 3.09. The molecule has 1 amide bonds. The van der Waals surface area contributed by atoms with Crippen LogP contribution < -0.4 is 10.2 Å². The lowest BCUT2D eigenvalue weighted by molar-refractivity contribution is -0.267. The number of nitrogens with one attached hydrogen (secondary N) is 2. The summed E-state index contributed by atoms with van der Waals surface area (Å²) < 4.78 is 79.2. The topological polar surface area (TPSA) is 94.1 Å². The number of hydrogen-bond acceptors (Lipinski definition) is 5. The van der Waals surface area contributed by atoms with E-state index in [1.165, 1.54) is 6.07 Å². The number of aromatic nitrogens is 3. The first-order chi connectivity index (χ1) is 14.9. The minimum atomic E-state index is -5.08. The van der Waals surface area contributed by atoms with Crippen LogP contribution in [-0.4, -0.2) is 45.5 Å². The second-order valence-electron chi connectivity index (χ2n) is 8.06. The highest BCUT2D eigenvalue weighted by molar-refractivity contribution is 5.94. The van der Waals surface area contributed by atoms with Crippen molar-refractivity contribution in [2.45, 2.75) is 43.6 Å². The van der Waals surface area contributed by atoms with Gasteiger partial charge in [-0.3, -0.25) is 9.89 Å². The molecule has 4 rings (SSSR count). The number of nitrogens with zero attached hydrogens (tertiary/aromatic N) is 3. The van der Waals surface area contributed by atoms with Gasteiger partial charge in [0.05, 0.1) is 23.2 Å². The molecule has 1 unspecified atom stereocenters. The summed E-state index contributed by atoms with van der Waals surface area (Å²) in [6.45, 7) is 0.882. The molecule has 174 valence electrons. The molecule has 0 saturated carbocycles. The number of hydrogen-bond donors (Lipinski definition) is 3.